The molecule has 0 saturated heterocycles. The summed E-state index contributed by atoms with van der Waals surface area (Å²) in [6.07, 6.45) is 5.77. The Kier molecular flexibility index (Phi) is 5.31. The molecule has 2 fully saturated rings. The number of ketones is 1. The van der Waals surface area contributed by atoms with Gasteiger partial charge in [-0.1, -0.05) is 13.8 Å². The van der Waals surface area contributed by atoms with Gasteiger partial charge in [0.2, 0.25) is 0 Å². The van der Waals surface area contributed by atoms with Crippen LogP contribution in [0.2, 0.25) is 0 Å². The molecule has 3 aliphatic carbocycles. The highest BCUT2D eigenvalue weighted by atomic mass is 16.5. The molecule has 0 amide bonds. The van der Waals surface area contributed by atoms with Crippen LogP contribution in [0.5, 0.6) is 0 Å². The van der Waals surface area contributed by atoms with Crippen LogP contribution in [0.4, 0.5) is 0 Å². The van der Waals surface area contributed by atoms with Gasteiger partial charge in [-0.05, 0) is 48.5 Å². The number of rotatable bonds is 4. The third-order valence-electron chi connectivity index (χ3n) is 8.52. The normalized spacial score (nSPS) is 39.1. The molecule has 0 aromatic carbocycles. The molecule has 4 rings (SSSR count). The van der Waals surface area contributed by atoms with E-state index in [0.717, 1.165) is 36.8 Å². The molecule has 3 aliphatic rings. The summed E-state index contributed by atoms with van der Waals surface area (Å²) in [6, 6.07) is 0. The minimum absolute atomic E-state index is 0.0100. The van der Waals surface area contributed by atoms with Crippen molar-refractivity contribution in [2.24, 2.45) is 22.7 Å². The number of esters is 2. The lowest BCUT2D eigenvalue weighted by Crippen LogP contribution is -2.66. The Morgan fingerprint density at radius 3 is 2.45 bits per heavy atom. The molecule has 0 aliphatic heterocycles. The number of furan rings is 1. The maximum atomic E-state index is 13.1. The van der Waals surface area contributed by atoms with Crippen LogP contribution in [-0.4, -0.2) is 42.1 Å². The minimum Gasteiger partial charge on any atom is -0.472 e. The minimum atomic E-state index is -1.17. The summed E-state index contributed by atoms with van der Waals surface area (Å²) in [7, 11) is 0. The maximum absolute atomic E-state index is 13.1. The van der Waals surface area contributed by atoms with E-state index in [-0.39, 0.29) is 43.2 Å². The molecule has 0 bridgehead atoms. The number of carbonyl (C=O) groups excluding carboxylic acids is 3. The number of aryl methyl sites for hydroxylation is 1. The van der Waals surface area contributed by atoms with Gasteiger partial charge in [-0.15, -0.1) is 0 Å². The quantitative estimate of drug-likeness (QED) is 0.730. The maximum Gasteiger partial charge on any atom is 0.302 e. The molecule has 0 unspecified atom stereocenters. The SMILES string of the molecule is CC(=O)OC[C@@]12CC[C@@H]3[C@](C)(CC(=O)[C@H](O)[C@]3(C)COC(C)=O)[C@H]1CCc1cocc12. The molecular formula is C24H32O7. The molecule has 0 spiro atoms. The first-order chi connectivity index (χ1) is 14.5. The fraction of sp³-hybridized carbons (Fsp3) is 0.708. The number of aliphatic hydroxyl groups excluding tert-OH is 1. The van der Waals surface area contributed by atoms with Gasteiger partial charge in [-0.3, -0.25) is 14.4 Å². The number of ether oxygens (including phenoxy) is 2. The summed E-state index contributed by atoms with van der Waals surface area (Å²) < 4.78 is 16.5. The zero-order valence-corrected chi connectivity index (χ0v) is 18.7. The van der Waals surface area contributed by atoms with E-state index in [1.165, 1.54) is 13.8 Å². The van der Waals surface area contributed by atoms with Crippen LogP contribution in [0.25, 0.3) is 0 Å². The van der Waals surface area contributed by atoms with E-state index in [9.17, 15) is 19.5 Å². The van der Waals surface area contributed by atoms with Crippen LogP contribution >= 0.6 is 0 Å². The number of hydrogen-bond acceptors (Lipinski definition) is 7. The third kappa shape index (κ3) is 3.23. The van der Waals surface area contributed by atoms with Gasteiger partial charge in [0.1, 0.15) is 12.7 Å². The molecular weight excluding hydrogens is 400 g/mol. The number of hydrogen-bond donors (Lipinski definition) is 1. The summed E-state index contributed by atoms with van der Waals surface area (Å²) in [6.45, 7) is 7.01. The molecule has 1 heterocycles. The standard InChI is InChI=1S/C24H32O7/c1-14(25)30-12-23(4)19-7-8-24(13-31-15(2)26)17-11-29-10-16(17)5-6-20(24)22(19,3)9-18(27)21(23)28/h10-11,19-21,28H,5-9,12-13H2,1-4H3/t19-,20-,21+,22+,23-,24-/m1/s1. The summed E-state index contributed by atoms with van der Waals surface area (Å²) in [5.74, 6) is -0.915. The van der Waals surface area contributed by atoms with Crippen molar-refractivity contribution in [3.8, 4) is 0 Å². The van der Waals surface area contributed by atoms with E-state index in [1.807, 2.05) is 6.92 Å². The van der Waals surface area contributed by atoms with Crippen LogP contribution in [-0.2, 0) is 35.7 Å². The number of fused-ring (bicyclic) bond motifs is 5. The summed E-state index contributed by atoms with van der Waals surface area (Å²) >= 11 is 0. The highest BCUT2D eigenvalue weighted by Crippen LogP contribution is 2.66. The van der Waals surface area contributed by atoms with Crippen molar-refractivity contribution in [3.63, 3.8) is 0 Å². The van der Waals surface area contributed by atoms with E-state index in [2.05, 4.69) is 6.92 Å². The Labute approximate surface area is 182 Å². The van der Waals surface area contributed by atoms with Crippen molar-refractivity contribution in [1.82, 2.24) is 0 Å². The molecule has 31 heavy (non-hydrogen) atoms. The van der Waals surface area contributed by atoms with Crippen LogP contribution in [0.3, 0.4) is 0 Å². The zero-order valence-electron chi connectivity index (χ0n) is 18.7. The Morgan fingerprint density at radius 2 is 1.77 bits per heavy atom. The Hall–Kier alpha value is -2.15. The number of carbonyl (C=O) groups is 3. The molecule has 0 radical (unpaired) electrons. The summed E-state index contributed by atoms with van der Waals surface area (Å²) in [4.78, 5) is 36.3. The van der Waals surface area contributed by atoms with Gasteiger partial charge in [0, 0.05) is 36.7 Å². The largest absolute Gasteiger partial charge is 0.472 e. The fourth-order valence-electron chi connectivity index (χ4n) is 7.24. The lowest BCUT2D eigenvalue weighted by Gasteiger charge is -2.64. The lowest BCUT2D eigenvalue weighted by molar-refractivity contribution is -0.197. The predicted molar refractivity (Wildman–Crippen MR) is 110 cm³/mol. The Bertz CT molecular complexity index is 903. The topological polar surface area (TPSA) is 103 Å². The predicted octanol–water partition coefficient (Wildman–Crippen LogP) is 2.96. The highest BCUT2D eigenvalue weighted by Gasteiger charge is 2.66. The fourth-order valence-corrected chi connectivity index (χ4v) is 7.24. The average Bonchev–Trinajstić information content (AvgIpc) is 3.19. The smallest absolute Gasteiger partial charge is 0.302 e. The first-order valence-electron chi connectivity index (χ1n) is 11.1. The van der Waals surface area contributed by atoms with E-state index in [4.69, 9.17) is 13.9 Å². The van der Waals surface area contributed by atoms with E-state index in [0.29, 0.717) is 0 Å². The van der Waals surface area contributed by atoms with Crippen molar-refractivity contribution in [2.75, 3.05) is 13.2 Å². The molecule has 1 aromatic rings. The van der Waals surface area contributed by atoms with Gasteiger partial charge in [-0.25, -0.2) is 0 Å². The van der Waals surface area contributed by atoms with Gasteiger partial charge in [-0.2, -0.15) is 0 Å². The van der Waals surface area contributed by atoms with Crippen molar-refractivity contribution in [2.45, 2.75) is 71.3 Å². The summed E-state index contributed by atoms with van der Waals surface area (Å²) in [5.41, 5.74) is 0.487. The molecule has 7 heteroatoms. The number of Topliss-reactive ketones (excluding diaryl/α,β-unsaturated/α-hetero) is 1. The van der Waals surface area contributed by atoms with Crippen molar-refractivity contribution in [1.29, 1.82) is 0 Å². The second-order valence-electron chi connectivity index (χ2n) is 10.3. The molecule has 1 N–H and O–H groups in total. The zero-order chi connectivity index (χ0) is 22.6. The second kappa shape index (κ2) is 7.47. The van der Waals surface area contributed by atoms with Gasteiger partial charge in [0.15, 0.2) is 5.78 Å². The van der Waals surface area contributed by atoms with Crippen LogP contribution < -0.4 is 0 Å². The van der Waals surface area contributed by atoms with Crippen molar-refractivity contribution < 1.29 is 33.4 Å². The van der Waals surface area contributed by atoms with Crippen LogP contribution in [0, 0.1) is 22.7 Å². The van der Waals surface area contributed by atoms with Crippen LogP contribution in [0.1, 0.15) is 64.5 Å². The first-order valence-corrected chi connectivity index (χ1v) is 11.1. The molecule has 7 nitrogen and oxygen atoms in total. The van der Waals surface area contributed by atoms with E-state index < -0.39 is 28.3 Å². The second-order valence-corrected chi connectivity index (χ2v) is 10.3. The Morgan fingerprint density at radius 1 is 1.10 bits per heavy atom. The van der Waals surface area contributed by atoms with Gasteiger partial charge < -0.3 is 19.0 Å². The lowest BCUT2D eigenvalue weighted by atomic mass is 9.40. The van der Waals surface area contributed by atoms with Gasteiger partial charge in [0.05, 0.1) is 19.1 Å². The first kappa shape index (κ1) is 22.1. The van der Waals surface area contributed by atoms with Crippen molar-refractivity contribution >= 4 is 17.7 Å². The highest BCUT2D eigenvalue weighted by molar-refractivity contribution is 5.86. The van der Waals surface area contributed by atoms with Gasteiger partial charge in [0.25, 0.3) is 0 Å². The molecule has 1 aromatic heterocycles. The van der Waals surface area contributed by atoms with E-state index >= 15 is 0 Å². The third-order valence-corrected chi connectivity index (χ3v) is 8.52. The Balaban J connectivity index is 1.79. The van der Waals surface area contributed by atoms with Crippen LogP contribution in [0.15, 0.2) is 16.9 Å². The molecule has 170 valence electrons. The molecule has 2 saturated carbocycles. The van der Waals surface area contributed by atoms with Crippen molar-refractivity contribution in [3.05, 3.63) is 23.7 Å². The average molecular weight is 433 g/mol. The van der Waals surface area contributed by atoms with Gasteiger partial charge >= 0.3 is 11.9 Å². The number of aliphatic hydroxyl groups is 1. The monoisotopic (exact) mass is 432 g/mol. The van der Waals surface area contributed by atoms with E-state index in [1.54, 1.807) is 12.5 Å². The summed E-state index contributed by atoms with van der Waals surface area (Å²) in [5, 5.41) is 10.9. The molecule has 6 atom stereocenters.